The summed E-state index contributed by atoms with van der Waals surface area (Å²) >= 11 is 4.23. The van der Waals surface area contributed by atoms with E-state index in [1.54, 1.807) is 6.92 Å². The largest absolute Gasteiger partial charge is 0.465 e. The van der Waals surface area contributed by atoms with Gasteiger partial charge in [-0.3, -0.25) is 4.79 Å². The highest BCUT2D eigenvalue weighted by Crippen LogP contribution is 2.37. The minimum Gasteiger partial charge on any atom is -0.465 e. The molecule has 1 aromatic heterocycles. The van der Waals surface area contributed by atoms with Crippen LogP contribution < -0.4 is 0 Å². The molecule has 2 rings (SSSR count). The van der Waals surface area contributed by atoms with Crippen molar-refractivity contribution in [1.29, 1.82) is 0 Å². The Hall–Kier alpha value is -2.00. The number of hydrogen-bond donors (Lipinski definition) is 2. The van der Waals surface area contributed by atoms with Gasteiger partial charge in [0.25, 0.3) is 0 Å². The second-order valence-corrected chi connectivity index (χ2v) is 6.18. The number of carbonyl (C=O) groups is 1. The first-order valence-electron chi connectivity index (χ1n) is 7.64. The first-order chi connectivity index (χ1) is 11.8. The molecule has 0 spiro atoms. The van der Waals surface area contributed by atoms with E-state index in [1.165, 1.54) is 24.3 Å². The van der Waals surface area contributed by atoms with Crippen LogP contribution in [0, 0.1) is 17.6 Å². The van der Waals surface area contributed by atoms with E-state index in [-0.39, 0.29) is 18.7 Å². The topological polar surface area (TPSA) is 77.2 Å². The number of aromatic nitrogens is 3. The number of thiol groups is 1. The van der Waals surface area contributed by atoms with Crippen molar-refractivity contribution in [1.82, 2.24) is 14.8 Å². The summed E-state index contributed by atoms with van der Waals surface area (Å²) in [5.74, 6) is -3.22. The van der Waals surface area contributed by atoms with E-state index in [9.17, 15) is 18.7 Å². The van der Waals surface area contributed by atoms with Crippen molar-refractivity contribution in [2.24, 2.45) is 5.92 Å². The molecule has 1 N–H and O–H groups in total. The summed E-state index contributed by atoms with van der Waals surface area (Å²) < 4.78 is 33.8. The summed E-state index contributed by atoms with van der Waals surface area (Å²) in [6, 6.07) is 2.85. The number of nitrogens with zero attached hydrogens (tertiary/aromatic N) is 3. The van der Waals surface area contributed by atoms with Crippen LogP contribution in [-0.4, -0.2) is 37.7 Å². The van der Waals surface area contributed by atoms with Gasteiger partial charge < -0.3 is 9.84 Å². The second-order valence-electron chi connectivity index (χ2n) is 5.63. The van der Waals surface area contributed by atoms with Crippen molar-refractivity contribution in [2.75, 3.05) is 6.61 Å². The molecule has 3 atom stereocenters. The lowest BCUT2D eigenvalue weighted by atomic mass is 9.79. The zero-order valence-corrected chi connectivity index (χ0v) is 14.7. The van der Waals surface area contributed by atoms with Crippen LogP contribution in [-0.2, 0) is 21.7 Å². The van der Waals surface area contributed by atoms with Crippen molar-refractivity contribution < 1.29 is 23.4 Å². The van der Waals surface area contributed by atoms with Gasteiger partial charge in [0, 0.05) is 17.5 Å². The summed E-state index contributed by atoms with van der Waals surface area (Å²) in [5, 5.41) is 14.1. The molecule has 136 valence electrons. The molecule has 6 nitrogen and oxygen atoms in total. The van der Waals surface area contributed by atoms with Gasteiger partial charge in [0.05, 0.1) is 13.2 Å². The van der Waals surface area contributed by atoms with Crippen LogP contribution in [0.3, 0.4) is 0 Å². The van der Waals surface area contributed by atoms with E-state index >= 15 is 0 Å². The van der Waals surface area contributed by atoms with E-state index in [0.29, 0.717) is 6.07 Å². The van der Waals surface area contributed by atoms with E-state index in [1.807, 2.05) is 0 Å². The molecule has 2 aromatic rings. The number of halogens is 2. The molecule has 0 saturated heterocycles. The van der Waals surface area contributed by atoms with Gasteiger partial charge in [-0.2, -0.15) is 17.7 Å². The fourth-order valence-corrected chi connectivity index (χ4v) is 2.89. The van der Waals surface area contributed by atoms with Crippen molar-refractivity contribution in [2.45, 2.75) is 31.2 Å². The van der Waals surface area contributed by atoms with Crippen molar-refractivity contribution in [3.8, 4) is 0 Å². The van der Waals surface area contributed by atoms with Crippen molar-refractivity contribution >= 4 is 18.6 Å². The predicted molar refractivity (Wildman–Crippen MR) is 88.8 cm³/mol. The third kappa shape index (κ3) is 4.16. The summed E-state index contributed by atoms with van der Waals surface area (Å²) in [5.41, 5.74) is -2.06. The zero-order chi connectivity index (χ0) is 18.6. The Morgan fingerprint density at radius 2 is 2.20 bits per heavy atom. The number of ether oxygens (including phenoxy) is 1. The van der Waals surface area contributed by atoms with Crippen molar-refractivity contribution in [3.05, 3.63) is 48.1 Å². The van der Waals surface area contributed by atoms with Crippen LogP contribution >= 0.6 is 12.6 Å². The SMILES string of the molecule is CCOC(=O)[C@@H](S)C(C)C(O)(Cn1cncn1)c1ccc(F)cc1F. The molecule has 0 radical (unpaired) electrons. The van der Waals surface area contributed by atoms with Crippen molar-refractivity contribution in [3.63, 3.8) is 0 Å². The molecule has 0 aliphatic carbocycles. The van der Waals surface area contributed by atoms with Gasteiger partial charge in [-0.05, 0) is 13.0 Å². The fourth-order valence-electron chi connectivity index (χ4n) is 2.57. The fraction of sp³-hybridized carbons (Fsp3) is 0.438. The molecule has 0 bridgehead atoms. The summed E-state index contributed by atoms with van der Waals surface area (Å²) in [7, 11) is 0. The molecule has 0 saturated carbocycles. The molecule has 0 aliphatic heterocycles. The van der Waals surface area contributed by atoms with E-state index in [0.717, 1.165) is 12.1 Å². The number of aliphatic hydroxyl groups is 1. The Morgan fingerprint density at radius 3 is 2.76 bits per heavy atom. The minimum atomic E-state index is -1.90. The first-order valence-corrected chi connectivity index (χ1v) is 8.16. The van der Waals surface area contributed by atoms with Gasteiger partial charge in [0.15, 0.2) is 0 Å². The van der Waals surface area contributed by atoms with E-state index in [4.69, 9.17) is 4.74 Å². The number of rotatable bonds is 7. The molecular formula is C16H19F2N3O3S. The third-order valence-corrected chi connectivity index (χ3v) is 4.68. The first kappa shape index (κ1) is 19.3. The van der Waals surface area contributed by atoms with Gasteiger partial charge in [-0.1, -0.05) is 13.0 Å². The Balaban J connectivity index is 2.46. The highest BCUT2D eigenvalue weighted by atomic mass is 32.1. The number of hydrogen-bond acceptors (Lipinski definition) is 6. The molecule has 1 aromatic carbocycles. The van der Waals surface area contributed by atoms with Crippen LogP contribution in [0.15, 0.2) is 30.9 Å². The normalized spacial score (nSPS) is 16.1. The summed E-state index contributed by atoms with van der Waals surface area (Å²) in [6.45, 7) is 3.13. The van der Waals surface area contributed by atoms with Gasteiger partial charge in [0.1, 0.15) is 35.1 Å². The highest BCUT2D eigenvalue weighted by Gasteiger charge is 2.44. The average molecular weight is 371 g/mol. The molecule has 2 unspecified atom stereocenters. The standard InChI is InChI=1S/C16H19F2N3O3S/c1-3-24-15(22)14(25)10(2)16(23,7-21-9-19-8-20-21)12-5-4-11(17)6-13(12)18/h4-6,8-10,14,23,25H,3,7H2,1-2H3/t10?,14-,16?/m0/s1. The Morgan fingerprint density at radius 1 is 1.48 bits per heavy atom. The zero-order valence-electron chi connectivity index (χ0n) is 13.8. The van der Waals surface area contributed by atoms with Crippen LogP contribution in [0.2, 0.25) is 0 Å². The quantitative estimate of drug-likeness (QED) is 0.575. The summed E-state index contributed by atoms with van der Waals surface area (Å²) in [6.07, 6.45) is 2.60. The predicted octanol–water partition coefficient (Wildman–Crippen LogP) is 1.94. The molecule has 9 heteroatoms. The van der Waals surface area contributed by atoms with Crippen LogP contribution in [0.5, 0.6) is 0 Å². The maximum atomic E-state index is 14.4. The Bertz CT molecular complexity index is 729. The Labute approximate surface area is 149 Å². The van der Waals surface area contributed by atoms with E-state index < -0.39 is 34.4 Å². The number of carbonyl (C=O) groups excluding carboxylic acids is 1. The van der Waals surface area contributed by atoms with Crippen LogP contribution in [0.4, 0.5) is 8.78 Å². The van der Waals surface area contributed by atoms with Crippen LogP contribution in [0.1, 0.15) is 19.4 Å². The monoisotopic (exact) mass is 371 g/mol. The Kier molecular flexibility index (Phi) is 6.12. The summed E-state index contributed by atoms with van der Waals surface area (Å²) in [4.78, 5) is 15.8. The molecule has 25 heavy (non-hydrogen) atoms. The van der Waals surface area contributed by atoms with E-state index in [2.05, 4.69) is 22.7 Å². The smallest absolute Gasteiger partial charge is 0.319 e. The lowest BCUT2D eigenvalue weighted by Gasteiger charge is -2.36. The van der Waals surface area contributed by atoms with Gasteiger partial charge in [-0.15, -0.1) is 0 Å². The maximum Gasteiger partial charge on any atom is 0.319 e. The third-order valence-electron chi connectivity index (χ3n) is 4.02. The van der Waals surface area contributed by atoms with Crippen LogP contribution in [0.25, 0.3) is 0 Å². The molecule has 0 fully saturated rings. The van der Waals surface area contributed by atoms with Gasteiger partial charge in [0.2, 0.25) is 0 Å². The number of benzene rings is 1. The van der Waals surface area contributed by atoms with Gasteiger partial charge >= 0.3 is 5.97 Å². The highest BCUT2D eigenvalue weighted by molar-refractivity contribution is 7.81. The molecule has 0 amide bonds. The molecule has 1 heterocycles. The molecular weight excluding hydrogens is 352 g/mol. The average Bonchev–Trinajstić information content (AvgIpc) is 3.06. The molecule has 0 aliphatic rings. The lowest BCUT2D eigenvalue weighted by molar-refractivity contribution is -0.146. The minimum absolute atomic E-state index is 0.148. The number of esters is 1. The lowest BCUT2D eigenvalue weighted by Crippen LogP contribution is -2.45. The second kappa shape index (κ2) is 7.92. The van der Waals surface area contributed by atoms with Gasteiger partial charge in [-0.25, -0.2) is 18.4 Å². The maximum absolute atomic E-state index is 14.4.